The van der Waals surface area contributed by atoms with E-state index in [0.717, 1.165) is 15.3 Å². The van der Waals surface area contributed by atoms with E-state index in [1.54, 1.807) is 24.5 Å². The molecule has 0 fully saturated rings. The van der Waals surface area contributed by atoms with Gasteiger partial charge in [0.15, 0.2) is 5.16 Å². The number of amides is 1. The second kappa shape index (κ2) is 7.24. The number of anilines is 1. The van der Waals surface area contributed by atoms with Gasteiger partial charge in [0.1, 0.15) is 4.83 Å². The highest BCUT2D eigenvalue weighted by Gasteiger charge is 2.21. The van der Waals surface area contributed by atoms with Gasteiger partial charge in [0.05, 0.1) is 16.3 Å². The van der Waals surface area contributed by atoms with Gasteiger partial charge in [0, 0.05) is 17.5 Å². The molecule has 3 aromatic heterocycles. The Labute approximate surface area is 158 Å². The standard InChI is InChI=1S/C17H20N4O3S2/c1-6-21-16(23)13-9(3)10(4)25-15(13)19-17(21)26-11(5)14(22)18-12-7-8(2)20-24-12/h7,11H,6H2,1-5H3,(H,18,22). The summed E-state index contributed by atoms with van der Waals surface area (Å²) in [6.45, 7) is 9.87. The van der Waals surface area contributed by atoms with Crippen molar-refractivity contribution in [2.75, 3.05) is 5.32 Å². The number of aryl methyl sites for hydroxylation is 3. The van der Waals surface area contributed by atoms with Crippen LogP contribution < -0.4 is 10.9 Å². The van der Waals surface area contributed by atoms with Crippen LogP contribution in [0.4, 0.5) is 5.88 Å². The average molecular weight is 393 g/mol. The van der Waals surface area contributed by atoms with Gasteiger partial charge in [0.2, 0.25) is 11.8 Å². The molecule has 0 spiro atoms. The number of thiophene rings is 1. The van der Waals surface area contributed by atoms with E-state index in [2.05, 4.69) is 15.5 Å². The lowest BCUT2D eigenvalue weighted by atomic mass is 10.2. The molecule has 9 heteroatoms. The van der Waals surface area contributed by atoms with Gasteiger partial charge >= 0.3 is 0 Å². The minimum atomic E-state index is -0.454. The van der Waals surface area contributed by atoms with Gasteiger partial charge in [-0.2, -0.15) is 0 Å². The predicted octanol–water partition coefficient (Wildman–Crippen LogP) is 3.51. The molecule has 0 aliphatic carbocycles. The molecule has 138 valence electrons. The number of fused-ring (bicyclic) bond motifs is 1. The molecule has 1 atom stereocenters. The number of carbonyl (C=O) groups is 1. The van der Waals surface area contributed by atoms with Crippen molar-refractivity contribution in [1.82, 2.24) is 14.7 Å². The first-order valence-corrected chi connectivity index (χ1v) is 9.92. The fraction of sp³-hybridized carbons (Fsp3) is 0.412. The van der Waals surface area contributed by atoms with Crippen LogP contribution in [0.15, 0.2) is 20.5 Å². The number of thioether (sulfide) groups is 1. The minimum absolute atomic E-state index is 0.0553. The summed E-state index contributed by atoms with van der Waals surface area (Å²) in [7, 11) is 0. The number of nitrogens with one attached hydrogen (secondary N) is 1. The zero-order chi connectivity index (χ0) is 19.0. The summed E-state index contributed by atoms with van der Waals surface area (Å²) >= 11 is 2.76. The lowest BCUT2D eigenvalue weighted by Gasteiger charge is -2.14. The van der Waals surface area contributed by atoms with Crippen molar-refractivity contribution in [1.29, 1.82) is 0 Å². The Bertz CT molecular complexity index is 1030. The highest BCUT2D eigenvalue weighted by atomic mass is 32.2. The number of hydrogen-bond donors (Lipinski definition) is 1. The molecule has 1 N–H and O–H groups in total. The maximum Gasteiger partial charge on any atom is 0.263 e. The Morgan fingerprint density at radius 1 is 1.42 bits per heavy atom. The highest BCUT2D eigenvalue weighted by Crippen LogP contribution is 2.29. The monoisotopic (exact) mass is 392 g/mol. The van der Waals surface area contributed by atoms with E-state index in [-0.39, 0.29) is 11.5 Å². The van der Waals surface area contributed by atoms with Crippen molar-refractivity contribution < 1.29 is 9.32 Å². The third-order valence-corrected chi connectivity index (χ3v) is 6.29. The van der Waals surface area contributed by atoms with Crippen LogP contribution in [0, 0.1) is 20.8 Å². The van der Waals surface area contributed by atoms with Crippen LogP contribution in [0.25, 0.3) is 10.2 Å². The fourth-order valence-electron chi connectivity index (χ4n) is 2.53. The van der Waals surface area contributed by atoms with Crippen molar-refractivity contribution in [3.8, 4) is 0 Å². The van der Waals surface area contributed by atoms with E-state index in [0.29, 0.717) is 28.7 Å². The van der Waals surface area contributed by atoms with Crippen LogP contribution >= 0.6 is 23.1 Å². The Hall–Kier alpha value is -2.13. The van der Waals surface area contributed by atoms with Gasteiger partial charge in [0.25, 0.3) is 5.56 Å². The Morgan fingerprint density at radius 3 is 2.77 bits per heavy atom. The van der Waals surface area contributed by atoms with Crippen LogP contribution in [0.5, 0.6) is 0 Å². The first-order valence-electron chi connectivity index (χ1n) is 8.23. The molecule has 1 unspecified atom stereocenters. The lowest BCUT2D eigenvalue weighted by molar-refractivity contribution is -0.115. The molecule has 3 aromatic rings. The topological polar surface area (TPSA) is 90.0 Å². The number of nitrogens with zero attached hydrogens (tertiary/aromatic N) is 3. The normalized spacial score (nSPS) is 12.5. The summed E-state index contributed by atoms with van der Waals surface area (Å²) in [6.07, 6.45) is 0. The molecule has 0 bridgehead atoms. The summed E-state index contributed by atoms with van der Waals surface area (Å²) in [4.78, 5) is 31.7. The Balaban J connectivity index is 1.90. The molecule has 3 heterocycles. The molecule has 0 aliphatic rings. The predicted molar refractivity (Wildman–Crippen MR) is 104 cm³/mol. The van der Waals surface area contributed by atoms with Gasteiger partial charge in [-0.15, -0.1) is 11.3 Å². The summed E-state index contributed by atoms with van der Waals surface area (Å²) in [5.74, 6) is 0.0717. The molecular formula is C17H20N4O3S2. The minimum Gasteiger partial charge on any atom is -0.338 e. The summed E-state index contributed by atoms with van der Waals surface area (Å²) in [6, 6.07) is 1.65. The Kier molecular flexibility index (Phi) is 5.19. The van der Waals surface area contributed by atoms with Gasteiger partial charge in [-0.05, 0) is 40.2 Å². The Morgan fingerprint density at radius 2 is 2.15 bits per heavy atom. The third kappa shape index (κ3) is 3.41. The third-order valence-electron chi connectivity index (χ3n) is 4.10. The molecule has 7 nitrogen and oxygen atoms in total. The van der Waals surface area contributed by atoms with E-state index in [4.69, 9.17) is 4.52 Å². The molecule has 0 saturated carbocycles. The number of carbonyl (C=O) groups excluding carboxylic acids is 1. The van der Waals surface area contributed by atoms with E-state index in [1.807, 2.05) is 20.8 Å². The highest BCUT2D eigenvalue weighted by molar-refractivity contribution is 8.00. The van der Waals surface area contributed by atoms with E-state index < -0.39 is 5.25 Å². The van der Waals surface area contributed by atoms with Crippen molar-refractivity contribution in [2.24, 2.45) is 0 Å². The van der Waals surface area contributed by atoms with Crippen molar-refractivity contribution in [2.45, 2.75) is 51.6 Å². The molecule has 26 heavy (non-hydrogen) atoms. The van der Waals surface area contributed by atoms with Crippen LogP contribution in [-0.2, 0) is 11.3 Å². The van der Waals surface area contributed by atoms with Gasteiger partial charge < -0.3 is 4.52 Å². The van der Waals surface area contributed by atoms with Gasteiger partial charge in [-0.3, -0.25) is 19.5 Å². The lowest BCUT2D eigenvalue weighted by Crippen LogP contribution is -2.26. The first kappa shape index (κ1) is 18.7. The first-order chi connectivity index (χ1) is 12.3. The molecule has 3 rings (SSSR count). The summed E-state index contributed by atoms with van der Waals surface area (Å²) in [5, 5.41) is 7.19. The van der Waals surface area contributed by atoms with E-state index in [9.17, 15) is 9.59 Å². The van der Waals surface area contributed by atoms with Crippen molar-refractivity contribution >= 4 is 45.1 Å². The maximum atomic E-state index is 12.9. The van der Waals surface area contributed by atoms with Crippen molar-refractivity contribution in [3.05, 3.63) is 32.6 Å². The zero-order valence-corrected chi connectivity index (χ0v) is 16.9. The van der Waals surface area contributed by atoms with E-state index in [1.165, 1.54) is 23.1 Å². The van der Waals surface area contributed by atoms with Gasteiger partial charge in [-0.25, -0.2) is 4.98 Å². The second-order valence-electron chi connectivity index (χ2n) is 5.99. The largest absolute Gasteiger partial charge is 0.338 e. The van der Waals surface area contributed by atoms with Crippen molar-refractivity contribution in [3.63, 3.8) is 0 Å². The molecule has 0 aliphatic heterocycles. The molecule has 0 radical (unpaired) electrons. The number of hydrogen-bond acceptors (Lipinski definition) is 7. The maximum absolute atomic E-state index is 12.9. The van der Waals surface area contributed by atoms with Gasteiger partial charge in [-0.1, -0.05) is 16.9 Å². The smallest absolute Gasteiger partial charge is 0.263 e. The number of aromatic nitrogens is 3. The summed E-state index contributed by atoms with van der Waals surface area (Å²) < 4.78 is 6.63. The second-order valence-corrected chi connectivity index (χ2v) is 8.50. The van der Waals surface area contributed by atoms with E-state index >= 15 is 0 Å². The van der Waals surface area contributed by atoms with Crippen LogP contribution in [0.1, 0.15) is 30.0 Å². The summed E-state index contributed by atoms with van der Waals surface area (Å²) in [5.41, 5.74) is 1.61. The molecule has 1 amide bonds. The molecular weight excluding hydrogens is 372 g/mol. The van der Waals surface area contributed by atoms with Crippen LogP contribution in [-0.4, -0.2) is 25.9 Å². The SMILES string of the molecule is CCn1c(SC(C)C(=O)Nc2cc(C)no2)nc2sc(C)c(C)c2c1=O. The fourth-order valence-corrected chi connectivity index (χ4v) is 4.58. The van der Waals surface area contributed by atoms with Crippen LogP contribution in [0.2, 0.25) is 0 Å². The quantitative estimate of drug-likeness (QED) is 0.528. The molecule has 0 aromatic carbocycles. The number of rotatable bonds is 5. The average Bonchev–Trinajstić information content (AvgIpc) is 3.11. The van der Waals surface area contributed by atoms with Crippen LogP contribution in [0.3, 0.4) is 0 Å². The molecule has 0 saturated heterocycles. The zero-order valence-electron chi connectivity index (χ0n) is 15.2.